The largest absolute Gasteiger partial charge is 0.444 e. The Kier molecular flexibility index (Phi) is 2.65. The van der Waals surface area contributed by atoms with Crippen molar-refractivity contribution in [1.82, 2.24) is 4.90 Å². The van der Waals surface area contributed by atoms with Crippen LogP contribution in [0.15, 0.2) is 0 Å². The standard InChI is InChI=1S/C12H21NO2/c1-12(2,3)15-11(14)13-8-4-5-9-6-7-10(9)13/h9-10H,4-8H2,1-3H3. The molecule has 0 aromatic rings. The Morgan fingerprint density at radius 2 is 2.00 bits per heavy atom. The topological polar surface area (TPSA) is 29.5 Å². The van der Waals surface area contributed by atoms with Gasteiger partial charge in [-0.15, -0.1) is 0 Å². The minimum absolute atomic E-state index is 0.114. The number of carbonyl (C=O) groups excluding carboxylic acids is 1. The van der Waals surface area contributed by atoms with Crippen molar-refractivity contribution in [2.45, 2.75) is 58.1 Å². The van der Waals surface area contributed by atoms with Gasteiger partial charge in [-0.1, -0.05) is 0 Å². The summed E-state index contributed by atoms with van der Waals surface area (Å²) in [5.74, 6) is 0.756. The molecule has 1 heterocycles. The number of hydrogen-bond donors (Lipinski definition) is 0. The van der Waals surface area contributed by atoms with Crippen LogP contribution in [0.1, 0.15) is 46.5 Å². The Labute approximate surface area is 91.8 Å². The molecule has 1 saturated heterocycles. The SMILES string of the molecule is CC(C)(C)OC(=O)N1CCCC2CCC21. The van der Waals surface area contributed by atoms with Crippen molar-refractivity contribution in [3.63, 3.8) is 0 Å². The first kappa shape index (κ1) is 10.8. The fourth-order valence-corrected chi connectivity index (χ4v) is 2.54. The van der Waals surface area contributed by atoms with E-state index in [2.05, 4.69) is 0 Å². The van der Waals surface area contributed by atoms with Crippen molar-refractivity contribution >= 4 is 6.09 Å². The van der Waals surface area contributed by atoms with Crippen LogP contribution in [0, 0.1) is 5.92 Å². The number of rotatable bonds is 0. The molecule has 0 aromatic carbocycles. The normalized spacial score (nSPS) is 30.5. The molecule has 2 fully saturated rings. The number of amides is 1. The number of likely N-dealkylation sites (tertiary alicyclic amines) is 1. The highest BCUT2D eigenvalue weighted by Gasteiger charge is 2.41. The molecule has 0 radical (unpaired) electrons. The van der Waals surface area contributed by atoms with E-state index in [1.165, 1.54) is 19.3 Å². The van der Waals surface area contributed by atoms with E-state index < -0.39 is 0 Å². The van der Waals surface area contributed by atoms with Gasteiger partial charge in [0.2, 0.25) is 0 Å². The molecule has 2 aliphatic rings. The lowest BCUT2D eigenvalue weighted by Crippen LogP contribution is -2.54. The zero-order valence-corrected chi connectivity index (χ0v) is 9.95. The third-order valence-corrected chi connectivity index (χ3v) is 3.38. The van der Waals surface area contributed by atoms with Gasteiger partial charge in [0.1, 0.15) is 5.60 Å². The van der Waals surface area contributed by atoms with E-state index in [4.69, 9.17) is 4.74 Å². The fourth-order valence-electron chi connectivity index (χ4n) is 2.54. The van der Waals surface area contributed by atoms with E-state index in [9.17, 15) is 4.79 Å². The quantitative estimate of drug-likeness (QED) is 0.616. The molecule has 1 aliphatic carbocycles. The van der Waals surface area contributed by atoms with Crippen LogP contribution in [0.4, 0.5) is 4.79 Å². The van der Waals surface area contributed by atoms with E-state index in [-0.39, 0.29) is 11.7 Å². The molecule has 1 amide bonds. The number of nitrogens with zero attached hydrogens (tertiary/aromatic N) is 1. The molecule has 2 rings (SSSR count). The maximum atomic E-state index is 11.9. The molecule has 1 aliphatic heterocycles. The Morgan fingerprint density at radius 1 is 1.27 bits per heavy atom. The first-order valence-corrected chi connectivity index (χ1v) is 5.97. The summed E-state index contributed by atoms with van der Waals surface area (Å²) in [5, 5.41) is 0. The molecule has 15 heavy (non-hydrogen) atoms. The number of fused-ring (bicyclic) bond motifs is 1. The van der Waals surface area contributed by atoms with Crippen LogP contribution < -0.4 is 0 Å². The van der Waals surface area contributed by atoms with Crippen molar-refractivity contribution < 1.29 is 9.53 Å². The summed E-state index contributed by atoms with van der Waals surface area (Å²) in [6.45, 7) is 6.66. The van der Waals surface area contributed by atoms with Crippen LogP contribution in [-0.2, 0) is 4.74 Å². The van der Waals surface area contributed by atoms with Crippen molar-refractivity contribution in [3.8, 4) is 0 Å². The fraction of sp³-hybridized carbons (Fsp3) is 0.917. The Morgan fingerprint density at radius 3 is 2.53 bits per heavy atom. The summed E-state index contributed by atoms with van der Waals surface area (Å²) >= 11 is 0. The van der Waals surface area contributed by atoms with Gasteiger partial charge in [0.15, 0.2) is 0 Å². The monoisotopic (exact) mass is 211 g/mol. The molecule has 0 aromatic heterocycles. The second-order valence-corrected chi connectivity index (χ2v) is 5.72. The van der Waals surface area contributed by atoms with Gasteiger partial charge < -0.3 is 9.64 Å². The second kappa shape index (κ2) is 3.69. The minimum Gasteiger partial charge on any atom is -0.444 e. The molecule has 86 valence electrons. The van der Waals surface area contributed by atoms with Crippen LogP contribution in [0.3, 0.4) is 0 Å². The van der Waals surface area contributed by atoms with E-state index in [0.29, 0.717) is 6.04 Å². The van der Waals surface area contributed by atoms with Gasteiger partial charge in [0.05, 0.1) is 0 Å². The Hall–Kier alpha value is -0.730. The van der Waals surface area contributed by atoms with Gasteiger partial charge >= 0.3 is 6.09 Å². The van der Waals surface area contributed by atoms with Gasteiger partial charge in [-0.2, -0.15) is 0 Å². The van der Waals surface area contributed by atoms with E-state index in [1.54, 1.807) is 0 Å². The van der Waals surface area contributed by atoms with Crippen molar-refractivity contribution in [3.05, 3.63) is 0 Å². The molecule has 3 heteroatoms. The van der Waals surface area contributed by atoms with Crippen LogP contribution >= 0.6 is 0 Å². The number of carbonyl (C=O) groups is 1. The Bertz CT molecular complexity index is 257. The molecule has 2 unspecified atom stereocenters. The van der Waals surface area contributed by atoms with E-state index in [1.807, 2.05) is 25.7 Å². The second-order valence-electron chi connectivity index (χ2n) is 5.72. The summed E-state index contributed by atoms with van der Waals surface area (Å²) in [6.07, 6.45) is 4.79. The number of ether oxygens (including phenoxy) is 1. The van der Waals surface area contributed by atoms with Crippen molar-refractivity contribution in [2.24, 2.45) is 5.92 Å². The zero-order valence-electron chi connectivity index (χ0n) is 9.95. The van der Waals surface area contributed by atoms with Gasteiger partial charge in [0.25, 0.3) is 0 Å². The third kappa shape index (κ3) is 2.27. The lowest BCUT2D eigenvalue weighted by molar-refractivity contribution is -0.0224. The van der Waals surface area contributed by atoms with Gasteiger partial charge in [0, 0.05) is 12.6 Å². The maximum absolute atomic E-state index is 11.9. The average Bonchev–Trinajstić information content (AvgIpc) is 2.03. The maximum Gasteiger partial charge on any atom is 0.410 e. The summed E-state index contributed by atoms with van der Waals surface area (Å²) in [6, 6.07) is 0.480. The highest BCUT2D eigenvalue weighted by Crippen LogP contribution is 2.39. The van der Waals surface area contributed by atoms with Gasteiger partial charge in [-0.05, 0) is 52.4 Å². The Balaban J connectivity index is 1.94. The molecule has 0 spiro atoms. The predicted molar refractivity (Wildman–Crippen MR) is 58.7 cm³/mol. The smallest absolute Gasteiger partial charge is 0.410 e. The van der Waals surface area contributed by atoms with Crippen LogP contribution in [0.2, 0.25) is 0 Å². The molecule has 0 N–H and O–H groups in total. The first-order chi connectivity index (χ1) is 6.97. The summed E-state index contributed by atoms with van der Waals surface area (Å²) < 4.78 is 5.42. The third-order valence-electron chi connectivity index (χ3n) is 3.38. The minimum atomic E-state index is -0.367. The molecule has 3 nitrogen and oxygen atoms in total. The number of hydrogen-bond acceptors (Lipinski definition) is 2. The van der Waals surface area contributed by atoms with E-state index in [0.717, 1.165) is 18.9 Å². The van der Waals surface area contributed by atoms with Crippen molar-refractivity contribution in [1.29, 1.82) is 0 Å². The lowest BCUT2D eigenvalue weighted by atomic mass is 9.73. The van der Waals surface area contributed by atoms with E-state index >= 15 is 0 Å². The average molecular weight is 211 g/mol. The zero-order chi connectivity index (χ0) is 11.1. The highest BCUT2D eigenvalue weighted by atomic mass is 16.6. The summed E-state index contributed by atoms with van der Waals surface area (Å²) in [4.78, 5) is 13.9. The molecular formula is C12H21NO2. The lowest BCUT2D eigenvalue weighted by Gasteiger charge is -2.48. The van der Waals surface area contributed by atoms with Crippen molar-refractivity contribution in [2.75, 3.05) is 6.54 Å². The summed E-state index contributed by atoms with van der Waals surface area (Å²) in [7, 11) is 0. The summed E-state index contributed by atoms with van der Waals surface area (Å²) in [5.41, 5.74) is -0.367. The van der Waals surface area contributed by atoms with Crippen LogP contribution in [0.25, 0.3) is 0 Å². The molecule has 2 atom stereocenters. The van der Waals surface area contributed by atoms with Gasteiger partial charge in [-0.25, -0.2) is 4.79 Å². The predicted octanol–water partition coefficient (Wildman–Crippen LogP) is 2.80. The van der Waals surface area contributed by atoms with Crippen LogP contribution in [0.5, 0.6) is 0 Å². The molecule has 0 bridgehead atoms. The van der Waals surface area contributed by atoms with Crippen LogP contribution in [-0.4, -0.2) is 29.2 Å². The van der Waals surface area contributed by atoms with Gasteiger partial charge in [-0.3, -0.25) is 0 Å². The molecular weight excluding hydrogens is 190 g/mol. The molecule has 1 saturated carbocycles. The first-order valence-electron chi connectivity index (χ1n) is 5.97. The number of piperidine rings is 1. The highest BCUT2D eigenvalue weighted by molar-refractivity contribution is 5.69.